The van der Waals surface area contributed by atoms with E-state index >= 15 is 0 Å². The number of likely N-dealkylation sites (tertiary alicyclic amines) is 1. The molecule has 2 fully saturated rings. The number of piperidine rings is 1. The summed E-state index contributed by atoms with van der Waals surface area (Å²) >= 11 is 0. The third kappa shape index (κ3) is 2.29. The highest BCUT2D eigenvalue weighted by Gasteiger charge is 2.48. The van der Waals surface area contributed by atoms with Gasteiger partial charge in [0.2, 0.25) is 5.82 Å². The number of rotatable bonds is 2. The van der Waals surface area contributed by atoms with Crippen LogP contribution in [0.15, 0.2) is 18.5 Å². The predicted molar refractivity (Wildman–Crippen MR) is 71.3 cm³/mol. The normalized spacial score (nSPS) is 29.9. The lowest BCUT2D eigenvalue weighted by Crippen LogP contribution is -2.58. The molecular formula is C14H19N3O3. The van der Waals surface area contributed by atoms with Crippen molar-refractivity contribution in [2.24, 2.45) is 0 Å². The van der Waals surface area contributed by atoms with Crippen molar-refractivity contribution in [1.82, 2.24) is 14.9 Å². The molecule has 3 heterocycles. The molecule has 2 saturated heterocycles. The fourth-order valence-electron chi connectivity index (χ4n) is 3.19. The Bertz CT molecular complexity index is 474. The fraction of sp³-hybridized carbons (Fsp3) is 0.643. The molecule has 20 heavy (non-hydrogen) atoms. The number of amides is 1. The van der Waals surface area contributed by atoms with E-state index in [1.54, 1.807) is 30.5 Å². The first kappa shape index (κ1) is 13.5. The third-order valence-corrected chi connectivity index (χ3v) is 4.17. The van der Waals surface area contributed by atoms with Crippen LogP contribution in [0.1, 0.15) is 29.9 Å². The molecule has 0 saturated carbocycles. The highest BCUT2D eigenvalue weighted by atomic mass is 16.6. The summed E-state index contributed by atoms with van der Waals surface area (Å²) in [4.78, 5) is 22.3. The quantitative estimate of drug-likeness (QED) is 0.803. The van der Waals surface area contributed by atoms with Crippen LogP contribution >= 0.6 is 0 Å². The predicted octanol–water partition coefficient (Wildman–Crippen LogP) is 0.887. The molecule has 1 spiro atoms. The average Bonchev–Trinajstić information content (AvgIpc) is 2.96. The van der Waals surface area contributed by atoms with Crippen LogP contribution in [0.3, 0.4) is 0 Å². The Kier molecular flexibility index (Phi) is 3.67. The number of hydrogen-bond donors (Lipinski definition) is 0. The summed E-state index contributed by atoms with van der Waals surface area (Å²) < 4.78 is 11.5. The van der Waals surface area contributed by atoms with Crippen LogP contribution < -0.4 is 0 Å². The van der Waals surface area contributed by atoms with Crippen molar-refractivity contribution in [3.63, 3.8) is 0 Å². The second kappa shape index (κ2) is 5.46. The van der Waals surface area contributed by atoms with E-state index < -0.39 is 0 Å². The Labute approximate surface area is 118 Å². The lowest BCUT2D eigenvalue weighted by molar-refractivity contribution is -0.137. The number of methoxy groups -OCH3 is 1. The van der Waals surface area contributed by atoms with Gasteiger partial charge in [-0.05, 0) is 25.3 Å². The van der Waals surface area contributed by atoms with E-state index in [4.69, 9.17) is 9.47 Å². The third-order valence-electron chi connectivity index (χ3n) is 4.17. The number of carbonyl (C=O) groups is 1. The lowest BCUT2D eigenvalue weighted by Gasteiger charge is -2.44. The van der Waals surface area contributed by atoms with Crippen LogP contribution in [0.5, 0.6) is 0 Å². The molecule has 0 radical (unpaired) electrons. The monoisotopic (exact) mass is 277 g/mol. The second-order valence-corrected chi connectivity index (χ2v) is 5.33. The first-order chi connectivity index (χ1) is 9.75. The molecule has 2 atom stereocenters. The van der Waals surface area contributed by atoms with E-state index in [0.717, 1.165) is 25.9 Å². The summed E-state index contributed by atoms with van der Waals surface area (Å²) in [5, 5.41) is 0. The van der Waals surface area contributed by atoms with Gasteiger partial charge < -0.3 is 14.4 Å². The van der Waals surface area contributed by atoms with E-state index in [-0.39, 0.29) is 23.4 Å². The molecule has 1 aromatic rings. The minimum atomic E-state index is -0.350. The van der Waals surface area contributed by atoms with Gasteiger partial charge in [0.25, 0.3) is 5.91 Å². The van der Waals surface area contributed by atoms with E-state index in [0.29, 0.717) is 13.1 Å². The second-order valence-electron chi connectivity index (χ2n) is 5.33. The maximum atomic E-state index is 12.4. The van der Waals surface area contributed by atoms with E-state index in [9.17, 15) is 4.79 Å². The van der Waals surface area contributed by atoms with Gasteiger partial charge in [0.15, 0.2) is 0 Å². The Hall–Kier alpha value is -1.53. The number of carbonyl (C=O) groups excluding carboxylic acids is 1. The van der Waals surface area contributed by atoms with Crippen LogP contribution in [-0.4, -0.2) is 59.3 Å². The summed E-state index contributed by atoms with van der Waals surface area (Å²) in [6.07, 6.45) is 5.98. The van der Waals surface area contributed by atoms with Gasteiger partial charge >= 0.3 is 0 Å². The van der Waals surface area contributed by atoms with E-state index in [1.165, 1.54) is 0 Å². The molecule has 0 bridgehead atoms. The van der Waals surface area contributed by atoms with Crippen molar-refractivity contribution in [2.45, 2.75) is 31.0 Å². The smallest absolute Gasteiger partial charge is 0.291 e. The van der Waals surface area contributed by atoms with Crippen molar-refractivity contribution in [2.75, 3.05) is 26.8 Å². The molecule has 6 nitrogen and oxygen atoms in total. The minimum Gasteiger partial charge on any atom is -0.378 e. The van der Waals surface area contributed by atoms with Gasteiger partial charge in [-0.25, -0.2) is 9.97 Å². The SMILES string of the molecule is CO[C@H]1CCN(C(=O)c2ncccn2)C[C@@]12CCCO2. The van der Waals surface area contributed by atoms with Crippen molar-refractivity contribution in [3.8, 4) is 0 Å². The molecule has 1 amide bonds. The van der Waals surface area contributed by atoms with Crippen molar-refractivity contribution >= 4 is 5.91 Å². The van der Waals surface area contributed by atoms with Crippen LogP contribution in [0.4, 0.5) is 0 Å². The van der Waals surface area contributed by atoms with Crippen LogP contribution in [0, 0.1) is 0 Å². The van der Waals surface area contributed by atoms with Crippen LogP contribution in [0.25, 0.3) is 0 Å². The molecule has 2 aliphatic rings. The molecule has 0 N–H and O–H groups in total. The number of aromatic nitrogens is 2. The fourth-order valence-corrected chi connectivity index (χ4v) is 3.19. The maximum Gasteiger partial charge on any atom is 0.291 e. The van der Waals surface area contributed by atoms with Gasteiger partial charge in [0, 0.05) is 32.7 Å². The molecule has 1 aromatic heterocycles. The van der Waals surface area contributed by atoms with Crippen molar-refractivity contribution in [1.29, 1.82) is 0 Å². The molecule has 108 valence electrons. The maximum absolute atomic E-state index is 12.4. The highest BCUT2D eigenvalue weighted by Crippen LogP contribution is 2.36. The van der Waals surface area contributed by atoms with Gasteiger partial charge in [-0.15, -0.1) is 0 Å². The Morgan fingerprint density at radius 2 is 2.30 bits per heavy atom. The van der Waals surface area contributed by atoms with Crippen molar-refractivity contribution < 1.29 is 14.3 Å². The minimum absolute atomic E-state index is 0.0609. The molecule has 0 aromatic carbocycles. The van der Waals surface area contributed by atoms with Gasteiger partial charge in [-0.3, -0.25) is 4.79 Å². The largest absolute Gasteiger partial charge is 0.378 e. The van der Waals surface area contributed by atoms with Gasteiger partial charge in [-0.1, -0.05) is 0 Å². The summed E-state index contributed by atoms with van der Waals surface area (Å²) in [6.45, 7) is 1.95. The zero-order chi connectivity index (χ0) is 14.0. The Morgan fingerprint density at radius 1 is 1.50 bits per heavy atom. The van der Waals surface area contributed by atoms with Gasteiger partial charge in [0.05, 0.1) is 12.6 Å². The molecule has 6 heteroatoms. The van der Waals surface area contributed by atoms with Crippen LogP contribution in [-0.2, 0) is 9.47 Å². The zero-order valence-electron chi connectivity index (χ0n) is 11.6. The summed E-state index contributed by atoms with van der Waals surface area (Å²) in [6, 6.07) is 1.70. The van der Waals surface area contributed by atoms with E-state index in [2.05, 4.69) is 9.97 Å². The van der Waals surface area contributed by atoms with Gasteiger partial charge in [0.1, 0.15) is 5.60 Å². The molecular weight excluding hydrogens is 258 g/mol. The highest BCUT2D eigenvalue weighted by molar-refractivity contribution is 5.90. The van der Waals surface area contributed by atoms with Gasteiger partial charge in [-0.2, -0.15) is 0 Å². The lowest BCUT2D eigenvalue weighted by atomic mass is 9.86. The molecule has 0 aliphatic carbocycles. The Morgan fingerprint density at radius 3 is 2.95 bits per heavy atom. The summed E-state index contributed by atoms with van der Waals surface area (Å²) in [5.41, 5.74) is -0.350. The average molecular weight is 277 g/mol. The molecule has 2 aliphatic heterocycles. The van der Waals surface area contributed by atoms with Crippen LogP contribution in [0.2, 0.25) is 0 Å². The molecule has 0 unspecified atom stereocenters. The Balaban J connectivity index is 1.78. The number of nitrogens with zero attached hydrogens (tertiary/aromatic N) is 3. The first-order valence-corrected chi connectivity index (χ1v) is 6.98. The summed E-state index contributed by atoms with van der Waals surface area (Å²) in [7, 11) is 1.71. The standard InChI is InChI=1S/C14H19N3O3/c1-19-11-4-8-17(10-14(11)5-2-9-20-14)13(18)12-15-6-3-7-16-12/h3,6-7,11H,2,4-5,8-10H2,1H3/t11-,14-/m0/s1. The molecule has 3 rings (SSSR count). The van der Waals surface area contributed by atoms with Crippen molar-refractivity contribution in [3.05, 3.63) is 24.3 Å². The topological polar surface area (TPSA) is 64.5 Å². The number of hydrogen-bond acceptors (Lipinski definition) is 5. The van der Waals surface area contributed by atoms with E-state index in [1.807, 2.05) is 0 Å². The first-order valence-electron chi connectivity index (χ1n) is 6.98. The summed E-state index contributed by atoms with van der Waals surface area (Å²) in [5.74, 6) is 0.117. The number of ether oxygens (including phenoxy) is 2. The zero-order valence-corrected chi connectivity index (χ0v) is 11.6.